The lowest BCUT2D eigenvalue weighted by Crippen LogP contribution is -2.39. The van der Waals surface area contributed by atoms with Gasteiger partial charge in [0.15, 0.2) is 5.69 Å². The first-order valence-corrected chi connectivity index (χ1v) is 11.5. The largest absolute Gasteiger partial charge is 0.358 e. The SMILES string of the molecule is CNC(=O)CN1Cc2c(C(=O)N3CCCCCC3)ncn2-c2ccccc2S1(=O)=O. The van der Waals surface area contributed by atoms with Crippen LogP contribution < -0.4 is 5.32 Å². The van der Waals surface area contributed by atoms with Gasteiger partial charge in [0, 0.05) is 20.1 Å². The second-order valence-electron chi connectivity index (χ2n) is 7.53. The molecule has 0 bridgehead atoms. The van der Waals surface area contributed by atoms with E-state index in [1.54, 1.807) is 27.7 Å². The van der Waals surface area contributed by atoms with Gasteiger partial charge in [-0.15, -0.1) is 0 Å². The van der Waals surface area contributed by atoms with Gasteiger partial charge in [-0.3, -0.25) is 14.2 Å². The zero-order valence-electron chi connectivity index (χ0n) is 16.9. The summed E-state index contributed by atoms with van der Waals surface area (Å²) in [5.74, 6) is -0.619. The van der Waals surface area contributed by atoms with E-state index in [-0.39, 0.29) is 29.6 Å². The number of imidazole rings is 1. The molecular formula is C20H25N5O4S. The van der Waals surface area contributed by atoms with E-state index in [9.17, 15) is 18.0 Å². The fourth-order valence-electron chi connectivity index (χ4n) is 3.98. The van der Waals surface area contributed by atoms with Crippen LogP contribution in [0.2, 0.25) is 0 Å². The molecule has 1 saturated heterocycles. The Balaban J connectivity index is 1.81. The molecule has 160 valence electrons. The Labute approximate surface area is 175 Å². The number of nitrogens with one attached hydrogen (secondary N) is 1. The second kappa shape index (κ2) is 8.19. The molecule has 0 saturated carbocycles. The summed E-state index contributed by atoms with van der Waals surface area (Å²) in [6.07, 6.45) is 5.58. The van der Waals surface area contributed by atoms with Crippen LogP contribution in [0.1, 0.15) is 41.9 Å². The van der Waals surface area contributed by atoms with Gasteiger partial charge in [-0.2, -0.15) is 4.31 Å². The molecule has 0 aliphatic carbocycles. The van der Waals surface area contributed by atoms with Crippen molar-refractivity contribution in [3.8, 4) is 5.69 Å². The van der Waals surface area contributed by atoms with Gasteiger partial charge in [0.1, 0.15) is 11.2 Å². The Morgan fingerprint density at radius 3 is 2.50 bits per heavy atom. The van der Waals surface area contributed by atoms with E-state index in [2.05, 4.69) is 10.3 Å². The molecule has 30 heavy (non-hydrogen) atoms. The lowest BCUT2D eigenvalue weighted by Gasteiger charge is -2.21. The van der Waals surface area contributed by atoms with Gasteiger partial charge in [0.2, 0.25) is 15.9 Å². The number of nitrogens with zero attached hydrogens (tertiary/aromatic N) is 4. The molecule has 9 nitrogen and oxygen atoms in total. The number of para-hydroxylation sites is 1. The van der Waals surface area contributed by atoms with E-state index < -0.39 is 15.9 Å². The monoisotopic (exact) mass is 431 g/mol. The summed E-state index contributed by atoms with van der Waals surface area (Å²) in [4.78, 5) is 31.5. The van der Waals surface area contributed by atoms with Crippen molar-refractivity contribution in [3.63, 3.8) is 0 Å². The number of rotatable bonds is 3. The maximum absolute atomic E-state index is 13.3. The zero-order valence-corrected chi connectivity index (χ0v) is 17.7. The highest BCUT2D eigenvalue weighted by Gasteiger charge is 2.36. The van der Waals surface area contributed by atoms with Crippen LogP contribution in [0.3, 0.4) is 0 Å². The third-order valence-corrected chi connectivity index (χ3v) is 7.47. The van der Waals surface area contributed by atoms with Crippen LogP contribution in [0.15, 0.2) is 35.5 Å². The number of sulfonamides is 1. The van der Waals surface area contributed by atoms with Gasteiger partial charge in [0.05, 0.1) is 24.5 Å². The number of carbonyl (C=O) groups is 2. The smallest absolute Gasteiger partial charge is 0.274 e. The minimum Gasteiger partial charge on any atom is -0.358 e. The van der Waals surface area contributed by atoms with Gasteiger partial charge < -0.3 is 10.2 Å². The van der Waals surface area contributed by atoms with Crippen LogP contribution in [-0.4, -0.2) is 65.7 Å². The van der Waals surface area contributed by atoms with Crippen LogP contribution in [-0.2, 0) is 21.4 Å². The highest BCUT2D eigenvalue weighted by molar-refractivity contribution is 7.89. The molecular weight excluding hydrogens is 406 g/mol. The molecule has 10 heteroatoms. The topological polar surface area (TPSA) is 105 Å². The molecule has 1 aromatic carbocycles. The van der Waals surface area contributed by atoms with Crippen molar-refractivity contribution in [1.82, 2.24) is 24.1 Å². The van der Waals surface area contributed by atoms with Crippen molar-refractivity contribution < 1.29 is 18.0 Å². The Morgan fingerprint density at radius 2 is 1.80 bits per heavy atom. The maximum atomic E-state index is 13.3. The highest BCUT2D eigenvalue weighted by atomic mass is 32.2. The van der Waals surface area contributed by atoms with Gasteiger partial charge in [-0.1, -0.05) is 25.0 Å². The van der Waals surface area contributed by atoms with Crippen LogP contribution in [0, 0.1) is 0 Å². The van der Waals surface area contributed by atoms with Crippen molar-refractivity contribution in [2.75, 3.05) is 26.7 Å². The number of likely N-dealkylation sites (N-methyl/N-ethyl adjacent to an activating group) is 1. The molecule has 2 amide bonds. The molecule has 2 aliphatic rings. The first-order chi connectivity index (χ1) is 14.4. The third kappa shape index (κ3) is 3.61. The highest BCUT2D eigenvalue weighted by Crippen LogP contribution is 2.31. The van der Waals surface area contributed by atoms with Crippen molar-refractivity contribution in [2.45, 2.75) is 37.1 Å². The normalized spacial score (nSPS) is 18.6. The minimum absolute atomic E-state index is 0.0822. The van der Waals surface area contributed by atoms with Gasteiger partial charge >= 0.3 is 0 Å². The van der Waals surface area contributed by atoms with Gasteiger partial charge in [0.25, 0.3) is 5.91 Å². The molecule has 1 N–H and O–H groups in total. The summed E-state index contributed by atoms with van der Waals surface area (Å²) in [6.45, 7) is 0.888. The molecule has 2 aromatic rings. The average molecular weight is 432 g/mol. The molecule has 1 fully saturated rings. The fraction of sp³-hybridized carbons (Fsp3) is 0.450. The molecule has 0 spiro atoms. The zero-order chi connectivity index (χ0) is 21.3. The molecule has 0 atom stereocenters. The summed E-state index contributed by atoms with van der Waals surface area (Å²) < 4.78 is 29.3. The van der Waals surface area contributed by atoms with E-state index >= 15 is 0 Å². The molecule has 2 aliphatic heterocycles. The number of aromatic nitrogens is 2. The summed E-state index contributed by atoms with van der Waals surface area (Å²) in [5.41, 5.74) is 1.14. The first kappa shape index (κ1) is 20.5. The Kier molecular flexibility index (Phi) is 5.61. The molecule has 3 heterocycles. The molecule has 0 unspecified atom stereocenters. The quantitative estimate of drug-likeness (QED) is 0.785. The number of amides is 2. The van der Waals surface area contributed by atoms with Crippen LogP contribution >= 0.6 is 0 Å². The molecule has 0 radical (unpaired) electrons. The Hall–Kier alpha value is -2.72. The summed E-state index contributed by atoms with van der Waals surface area (Å²) in [7, 11) is -2.48. The predicted octanol–water partition coefficient (Wildman–Crippen LogP) is 1.14. The van der Waals surface area contributed by atoms with E-state index in [1.807, 2.05) is 0 Å². The standard InChI is InChI=1S/C20H25N5O4S/c1-21-18(26)13-24-12-16-19(20(27)23-10-6-2-3-7-11-23)22-14-25(16)15-8-4-5-9-17(15)30(24,28)29/h4-5,8-9,14H,2-3,6-7,10-13H2,1H3,(H,21,26). The lowest BCUT2D eigenvalue weighted by atomic mass is 10.2. The number of hydrogen-bond acceptors (Lipinski definition) is 5. The lowest BCUT2D eigenvalue weighted by molar-refractivity contribution is -0.120. The van der Waals surface area contributed by atoms with E-state index in [1.165, 1.54) is 19.4 Å². The summed E-state index contributed by atoms with van der Waals surface area (Å²) in [5, 5.41) is 2.47. The Bertz CT molecular complexity index is 1070. The van der Waals surface area contributed by atoms with Crippen LogP contribution in [0.5, 0.6) is 0 Å². The average Bonchev–Trinajstić information content (AvgIpc) is 2.92. The first-order valence-electron chi connectivity index (χ1n) is 10.1. The van der Waals surface area contributed by atoms with Crippen molar-refractivity contribution in [3.05, 3.63) is 42.0 Å². The molecule has 4 rings (SSSR count). The van der Waals surface area contributed by atoms with E-state index in [4.69, 9.17) is 0 Å². The van der Waals surface area contributed by atoms with Crippen molar-refractivity contribution in [1.29, 1.82) is 0 Å². The van der Waals surface area contributed by atoms with Gasteiger partial charge in [-0.25, -0.2) is 13.4 Å². The van der Waals surface area contributed by atoms with Crippen LogP contribution in [0.25, 0.3) is 5.69 Å². The number of fused-ring (bicyclic) bond motifs is 3. The Morgan fingerprint density at radius 1 is 1.10 bits per heavy atom. The fourth-order valence-corrected chi connectivity index (χ4v) is 5.52. The number of hydrogen-bond donors (Lipinski definition) is 1. The van der Waals surface area contributed by atoms with Crippen molar-refractivity contribution in [2.24, 2.45) is 0 Å². The number of likely N-dealkylation sites (tertiary alicyclic amines) is 1. The second-order valence-corrected chi connectivity index (χ2v) is 9.44. The predicted molar refractivity (Wildman–Crippen MR) is 110 cm³/mol. The third-order valence-electron chi connectivity index (χ3n) is 5.63. The van der Waals surface area contributed by atoms with Gasteiger partial charge in [-0.05, 0) is 25.0 Å². The molecule has 1 aromatic heterocycles. The summed E-state index contributed by atoms with van der Waals surface area (Å²) >= 11 is 0. The minimum atomic E-state index is -3.94. The van der Waals surface area contributed by atoms with E-state index in [0.29, 0.717) is 24.5 Å². The number of carbonyl (C=O) groups excluding carboxylic acids is 2. The number of benzene rings is 1. The van der Waals surface area contributed by atoms with Crippen molar-refractivity contribution >= 4 is 21.8 Å². The summed E-state index contributed by atoms with van der Waals surface area (Å²) in [6, 6.07) is 6.57. The van der Waals surface area contributed by atoms with Crippen LogP contribution in [0.4, 0.5) is 0 Å². The van der Waals surface area contributed by atoms with E-state index in [0.717, 1.165) is 30.0 Å². The maximum Gasteiger partial charge on any atom is 0.274 e.